The Kier molecular flexibility index (Phi) is 4.12. The second-order valence-electron chi connectivity index (χ2n) is 5.00. The number of ether oxygens (including phenoxy) is 1. The molecule has 0 fully saturated rings. The van der Waals surface area contributed by atoms with Crippen LogP contribution in [0, 0.1) is 0 Å². The van der Waals surface area contributed by atoms with Gasteiger partial charge in [-0.25, -0.2) is 9.78 Å². The maximum atomic E-state index is 12.2. The van der Waals surface area contributed by atoms with Gasteiger partial charge in [0.15, 0.2) is 11.9 Å². The molecule has 1 atom stereocenters. The van der Waals surface area contributed by atoms with Crippen molar-refractivity contribution in [1.82, 2.24) is 9.97 Å². The Hall–Kier alpha value is -2.66. The minimum absolute atomic E-state index is 0.268. The van der Waals surface area contributed by atoms with Crippen molar-refractivity contribution in [2.24, 2.45) is 0 Å². The number of nitrogens with one attached hydrogen (secondary N) is 1. The molecule has 0 saturated carbocycles. The van der Waals surface area contributed by atoms with Gasteiger partial charge in [0.25, 0.3) is 5.56 Å². The highest BCUT2D eigenvalue weighted by Gasteiger charge is 2.18. The number of carbonyl (C=O) groups excluding carboxylic acids is 1. The highest BCUT2D eigenvalue weighted by Crippen LogP contribution is 2.20. The SMILES string of the molecule is C[C@H](OC(=O)c1ccccc1Cl)c1nc2ccccc2c(=O)[nH]1. The van der Waals surface area contributed by atoms with Crippen LogP contribution >= 0.6 is 11.6 Å². The molecule has 3 rings (SSSR count). The van der Waals surface area contributed by atoms with Crippen molar-refractivity contribution in [3.05, 3.63) is 75.3 Å². The molecule has 1 N–H and O–H groups in total. The number of aromatic nitrogens is 2. The van der Waals surface area contributed by atoms with E-state index in [9.17, 15) is 9.59 Å². The number of halogens is 1. The van der Waals surface area contributed by atoms with Crippen LogP contribution in [-0.4, -0.2) is 15.9 Å². The molecule has 0 aliphatic rings. The number of carbonyl (C=O) groups is 1. The van der Waals surface area contributed by atoms with Gasteiger partial charge in [-0.2, -0.15) is 0 Å². The average molecular weight is 329 g/mol. The summed E-state index contributed by atoms with van der Waals surface area (Å²) in [6.07, 6.45) is -0.712. The molecule has 1 aromatic heterocycles. The number of hydrogen-bond donors (Lipinski definition) is 1. The zero-order valence-electron chi connectivity index (χ0n) is 12.2. The zero-order valence-corrected chi connectivity index (χ0v) is 13.0. The number of esters is 1. The molecule has 0 aliphatic heterocycles. The second kappa shape index (κ2) is 6.22. The molecule has 0 saturated heterocycles. The van der Waals surface area contributed by atoms with Crippen LogP contribution in [-0.2, 0) is 4.74 Å². The van der Waals surface area contributed by atoms with Crippen molar-refractivity contribution in [3.8, 4) is 0 Å². The zero-order chi connectivity index (χ0) is 16.4. The molecule has 6 heteroatoms. The third-order valence-electron chi connectivity index (χ3n) is 3.39. The minimum atomic E-state index is -0.712. The van der Waals surface area contributed by atoms with E-state index in [-0.39, 0.29) is 16.9 Å². The van der Waals surface area contributed by atoms with E-state index in [2.05, 4.69) is 9.97 Å². The highest BCUT2D eigenvalue weighted by molar-refractivity contribution is 6.33. The summed E-state index contributed by atoms with van der Waals surface area (Å²) >= 11 is 5.98. The smallest absolute Gasteiger partial charge is 0.340 e. The number of H-pyrrole nitrogens is 1. The monoisotopic (exact) mass is 328 g/mol. The van der Waals surface area contributed by atoms with E-state index in [1.165, 1.54) is 0 Å². The fourth-order valence-corrected chi connectivity index (χ4v) is 2.42. The lowest BCUT2D eigenvalue weighted by molar-refractivity contribution is 0.0320. The molecular weight excluding hydrogens is 316 g/mol. The molecule has 0 aliphatic carbocycles. The molecule has 3 aromatic rings. The highest BCUT2D eigenvalue weighted by atomic mass is 35.5. The summed E-state index contributed by atoms with van der Waals surface area (Å²) in [5.41, 5.74) is 0.544. The van der Waals surface area contributed by atoms with E-state index in [4.69, 9.17) is 16.3 Å². The Morgan fingerprint density at radius 3 is 2.65 bits per heavy atom. The summed E-state index contributed by atoms with van der Waals surface area (Å²) in [5.74, 6) is -0.284. The third-order valence-corrected chi connectivity index (χ3v) is 3.72. The lowest BCUT2D eigenvalue weighted by Crippen LogP contribution is -2.17. The van der Waals surface area contributed by atoms with E-state index in [1.807, 2.05) is 0 Å². The van der Waals surface area contributed by atoms with Crippen LogP contribution in [0.2, 0.25) is 5.02 Å². The van der Waals surface area contributed by atoms with Crippen LogP contribution < -0.4 is 5.56 Å². The van der Waals surface area contributed by atoms with Crippen molar-refractivity contribution < 1.29 is 9.53 Å². The summed E-state index contributed by atoms with van der Waals surface area (Å²) < 4.78 is 5.35. The Morgan fingerprint density at radius 2 is 1.87 bits per heavy atom. The van der Waals surface area contributed by atoms with Crippen LogP contribution in [0.15, 0.2) is 53.3 Å². The first-order chi connectivity index (χ1) is 11.1. The quantitative estimate of drug-likeness (QED) is 0.747. The number of nitrogens with zero attached hydrogens (tertiary/aromatic N) is 1. The van der Waals surface area contributed by atoms with Gasteiger partial charge in [-0.15, -0.1) is 0 Å². The normalized spacial score (nSPS) is 12.1. The first-order valence-electron chi connectivity index (χ1n) is 7.00. The van der Waals surface area contributed by atoms with Gasteiger partial charge >= 0.3 is 5.97 Å². The Morgan fingerprint density at radius 1 is 1.17 bits per heavy atom. The Labute approximate surface area is 136 Å². The van der Waals surface area contributed by atoms with Crippen molar-refractivity contribution in [2.45, 2.75) is 13.0 Å². The van der Waals surface area contributed by atoms with E-state index in [0.717, 1.165) is 0 Å². The van der Waals surface area contributed by atoms with Crippen LogP contribution in [0.25, 0.3) is 10.9 Å². The molecule has 0 amide bonds. The predicted molar refractivity (Wildman–Crippen MR) is 87.6 cm³/mol. The van der Waals surface area contributed by atoms with Gasteiger partial charge in [0.05, 0.1) is 21.5 Å². The number of fused-ring (bicyclic) bond motifs is 1. The van der Waals surface area contributed by atoms with Crippen LogP contribution in [0.3, 0.4) is 0 Å². The van der Waals surface area contributed by atoms with E-state index < -0.39 is 12.1 Å². The summed E-state index contributed by atoms with van der Waals surface area (Å²) in [7, 11) is 0. The lowest BCUT2D eigenvalue weighted by Gasteiger charge is -2.13. The van der Waals surface area contributed by atoms with Gasteiger partial charge in [-0.3, -0.25) is 4.79 Å². The Bertz CT molecular complexity index is 936. The third kappa shape index (κ3) is 3.10. The Balaban J connectivity index is 1.89. The topological polar surface area (TPSA) is 72.0 Å². The summed E-state index contributed by atoms with van der Waals surface area (Å²) in [6.45, 7) is 1.64. The van der Waals surface area contributed by atoms with Gasteiger partial charge in [-0.1, -0.05) is 35.9 Å². The first-order valence-corrected chi connectivity index (χ1v) is 7.38. The predicted octanol–water partition coefficient (Wildman–Crippen LogP) is 3.49. The molecule has 0 bridgehead atoms. The molecule has 0 unspecified atom stereocenters. The number of aromatic amines is 1. The fraction of sp³-hybridized carbons (Fsp3) is 0.118. The maximum Gasteiger partial charge on any atom is 0.340 e. The van der Waals surface area contributed by atoms with Crippen molar-refractivity contribution in [1.29, 1.82) is 0 Å². The van der Waals surface area contributed by atoms with Crippen LogP contribution in [0.5, 0.6) is 0 Å². The first kappa shape index (κ1) is 15.2. The van der Waals surface area contributed by atoms with Gasteiger partial charge in [-0.05, 0) is 31.2 Å². The molecule has 5 nitrogen and oxygen atoms in total. The van der Waals surface area contributed by atoms with Gasteiger partial charge in [0.2, 0.25) is 0 Å². The van der Waals surface area contributed by atoms with E-state index >= 15 is 0 Å². The van der Waals surface area contributed by atoms with E-state index in [0.29, 0.717) is 15.9 Å². The van der Waals surface area contributed by atoms with Crippen LogP contribution in [0.4, 0.5) is 0 Å². The molecular formula is C17H13ClN2O3. The molecule has 1 heterocycles. The standard InChI is InChI=1S/C17H13ClN2O3/c1-10(23-17(22)11-6-2-4-8-13(11)18)15-19-14-9-5-3-7-12(14)16(21)20-15/h2-10H,1H3,(H,19,20,21)/t10-/m0/s1. The van der Waals surface area contributed by atoms with Crippen LogP contribution in [0.1, 0.15) is 29.2 Å². The van der Waals surface area contributed by atoms with Crippen molar-refractivity contribution in [3.63, 3.8) is 0 Å². The van der Waals surface area contributed by atoms with Crippen molar-refractivity contribution in [2.75, 3.05) is 0 Å². The second-order valence-corrected chi connectivity index (χ2v) is 5.40. The average Bonchev–Trinajstić information content (AvgIpc) is 2.55. The van der Waals surface area contributed by atoms with E-state index in [1.54, 1.807) is 55.5 Å². The fourth-order valence-electron chi connectivity index (χ4n) is 2.20. The maximum absolute atomic E-state index is 12.2. The molecule has 116 valence electrons. The molecule has 23 heavy (non-hydrogen) atoms. The molecule has 0 spiro atoms. The van der Waals surface area contributed by atoms with Gasteiger partial charge in [0, 0.05) is 0 Å². The summed E-state index contributed by atoms with van der Waals surface area (Å²) in [4.78, 5) is 31.2. The lowest BCUT2D eigenvalue weighted by atomic mass is 10.2. The molecule has 0 radical (unpaired) electrons. The van der Waals surface area contributed by atoms with Gasteiger partial charge < -0.3 is 9.72 Å². The van der Waals surface area contributed by atoms with Gasteiger partial charge in [0.1, 0.15) is 0 Å². The summed E-state index contributed by atoms with van der Waals surface area (Å²) in [5, 5.41) is 0.797. The number of benzene rings is 2. The minimum Gasteiger partial charge on any atom is -0.451 e. The number of hydrogen-bond acceptors (Lipinski definition) is 4. The molecule has 2 aromatic carbocycles. The van der Waals surface area contributed by atoms with Crippen molar-refractivity contribution >= 4 is 28.5 Å². The number of para-hydroxylation sites is 1. The summed E-state index contributed by atoms with van der Waals surface area (Å²) in [6, 6.07) is 13.6. The largest absolute Gasteiger partial charge is 0.451 e. The number of rotatable bonds is 3.